The number of oxazole rings is 1. The molecule has 0 amide bonds. The molecule has 3 aromatic rings. The molecule has 29 heavy (non-hydrogen) atoms. The van der Waals surface area contributed by atoms with Crippen LogP contribution in [0.3, 0.4) is 0 Å². The Labute approximate surface area is 179 Å². The van der Waals surface area contributed by atoms with Gasteiger partial charge in [-0.1, -0.05) is 29.3 Å². The number of piperazine rings is 1. The average Bonchev–Trinajstić information content (AvgIpc) is 3.29. The highest BCUT2D eigenvalue weighted by Gasteiger charge is 2.30. The Morgan fingerprint density at radius 3 is 2.38 bits per heavy atom. The summed E-state index contributed by atoms with van der Waals surface area (Å²) in [4.78, 5) is 6.87. The lowest BCUT2D eigenvalue weighted by Crippen LogP contribution is -2.48. The number of thiophene rings is 1. The van der Waals surface area contributed by atoms with Gasteiger partial charge in [-0.05, 0) is 38.1 Å². The summed E-state index contributed by atoms with van der Waals surface area (Å²) in [6.07, 6.45) is 0. The van der Waals surface area contributed by atoms with E-state index in [-0.39, 0.29) is 0 Å². The van der Waals surface area contributed by atoms with Gasteiger partial charge in [0.2, 0.25) is 5.89 Å². The first kappa shape index (κ1) is 20.6. The third-order valence-electron chi connectivity index (χ3n) is 5.04. The SMILES string of the molecule is Cc1ccc(-c2nc(CN3CCN(S(=O)(=O)c4ccc(Cl)s4)CC3)c(C)o2)cc1. The van der Waals surface area contributed by atoms with E-state index < -0.39 is 10.0 Å². The Balaban J connectivity index is 1.41. The van der Waals surface area contributed by atoms with Crippen molar-refractivity contribution in [3.63, 3.8) is 0 Å². The van der Waals surface area contributed by atoms with Crippen molar-refractivity contribution < 1.29 is 12.8 Å². The lowest BCUT2D eigenvalue weighted by atomic mass is 10.1. The van der Waals surface area contributed by atoms with Gasteiger partial charge in [-0.15, -0.1) is 11.3 Å². The number of benzene rings is 1. The number of sulfonamides is 1. The summed E-state index contributed by atoms with van der Waals surface area (Å²) in [6.45, 7) is 6.78. The molecule has 0 saturated carbocycles. The zero-order chi connectivity index (χ0) is 20.6. The predicted molar refractivity (Wildman–Crippen MR) is 115 cm³/mol. The highest BCUT2D eigenvalue weighted by Crippen LogP contribution is 2.29. The maximum Gasteiger partial charge on any atom is 0.252 e. The van der Waals surface area contributed by atoms with Gasteiger partial charge in [0.1, 0.15) is 9.97 Å². The highest BCUT2D eigenvalue weighted by atomic mass is 35.5. The Morgan fingerprint density at radius 1 is 1.07 bits per heavy atom. The van der Waals surface area contributed by atoms with Crippen LogP contribution in [0, 0.1) is 13.8 Å². The number of nitrogens with zero attached hydrogens (tertiary/aromatic N) is 3. The molecule has 9 heteroatoms. The molecule has 154 valence electrons. The Hall–Kier alpha value is -1.71. The van der Waals surface area contributed by atoms with Crippen LogP contribution in [-0.4, -0.2) is 48.8 Å². The van der Waals surface area contributed by atoms with Crippen LogP contribution >= 0.6 is 22.9 Å². The molecule has 1 aliphatic rings. The second-order valence-electron chi connectivity index (χ2n) is 7.13. The zero-order valence-corrected chi connectivity index (χ0v) is 18.6. The van der Waals surface area contributed by atoms with E-state index in [9.17, 15) is 8.42 Å². The van der Waals surface area contributed by atoms with Crippen molar-refractivity contribution in [2.45, 2.75) is 24.6 Å². The summed E-state index contributed by atoms with van der Waals surface area (Å²) < 4.78 is 33.6. The topological polar surface area (TPSA) is 66.7 Å². The molecule has 1 aliphatic heterocycles. The van der Waals surface area contributed by atoms with Gasteiger partial charge in [0, 0.05) is 38.3 Å². The summed E-state index contributed by atoms with van der Waals surface area (Å²) in [5, 5.41) is 0. The van der Waals surface area contributed by atoms with Gasteiger partial charge in [0.15, 0.2) is 0 Å². The first-order chi connectivity index (χ1) is 13.8. The third kappa shape index (κ3) is 4.41. The fraction of sp³-hybridized carbons (Fsp3) is 0.350. The minimum atomic E-state index is -3.47. The van der Waals surface area contributed by atoms with E-state index in [1.165, 1.54) is 9.87 Å². The molecule has 0 unspecified atom stereocenters. The van der Waals surface area contributed by atoms with Crippen LogP contribution < -0.4 is 0 Å². The number of hydrogen-bond acceptors (Lipinski definition) is 6. The van der Waals surface area contributed by atoms with Crippen LogP contribution in [0.4, 0.5) is 0 Å². The van der Waals surface area contributed by atoms with Crippen LogP contribution in [0.2, 0.25) is 4.34 Å². The molecular weight excluding hydrogens is 430 g/mol. The number of halogens is 1. The lowest BCUT2D eigenvalue weighted by Gasteiger charge is -2.33. The Bertz CT molecular complexity index is 1100. The zero-order valence-electron chi connectivity index (χ0n) is 16.3. The lowest BCUT2D eigenvalue weighted by molar-refractivity contribution is 0.179. The van der Waals surface area contributed by atoms with Gasteiger partial charge in [-0.2, -0.15) is 4.31 Å². The minimum absolute atomic E-state index is 0.297. The second kappa shape index (κ2) is 8.20. The summed E-state index contributed by atoms with van der Waals surface area (Å²) in [5.41, 5.74) is 3.03. The van der Waals surface area contributed by atoms with E-state index in [1.54, 1.807) is 12.1 Å². The smallest absolute Gasteiger partial charge is 0.252 e. The predicted octanol–water partition coefficient (Wildman–Crippen LogP) is 4.18. The van der Waals surface area contributed by atoms with Crippen molar-refractivity contribution in [3.05, 3.63) is 57.8 Å². The Kier molecular flexibility index (Phi) is 5.81. The average molecular weight is 452 g/mol. The van der Waals surface area contributed by atoms with Gasteiger partial charge < -0.3 is 4.42 Å². The van der Waals surface area contributed by atoms with Gasteiger partial charge in [0.05, 0.1) is 10.0 Å². The second-order valence-corrected chi connectivity index (χ2v) is 11.0. The number of rotatable bonds is 5. The van der Waals surface area contributed by atoms with E-state index in [4.69, 9.17) is 16.0 Å². The molecular formula is C20H22ClN3O3S2. The number of aromatic nitrogens is 1. The van der Waals surface area contributed by atoms with Gasteiger partial charge in [-0.3, -0.25) is 4.90 Å². The molecule has 1 saturated heterocycles. The summed E-state index contributed by atoms with van der Waals surface area (Å²) >= 11 is 6.99. The first-order valence-electron chi connectivity index (χ1n) is 9.34. The van der Waals surface area contributed by atoms with Crippen LogP contribution in [0.25, 0.3) is 11.5 Å². The molecule has 0 radical (unpaired) electrons. The fourth-order valence-electron chi connectivity index (χ4n) is 3.30. The Morgan fingerprint density at radius 2 is 1.76 bits per heavy atom. The maximum absolute atomic E-state index is 12.7. The minimum Gasteiger partial charge on any atom is -0.441 e. The molecule has 1 aromatic carbocycles. The summed E-state index contributed by atoms with van der Waals surface area (Å²) in [6, 6.07) is 11.3. The van der Waals surface area contributed by atoms with E-state index in [0.29, 0.717) is 47.2 Å². The maximum atomic E-state index is 12.7. The van der Waals surface area contributed by atoms with Crippen molar-refractivity contribution in [2.24, 2.45) is 0 Å². The molecule has 4 rings (SSSR count). The summed E-state index contributed by atoms with van der Waals surface area (Å²) in [5.74, 6) is 1.41. The normalized spacial score (nSPS) is 16.4. The number of aryl methyl sites for hydroxylation is 2. The number of hydrogen-bond donors (Lipinski definition) is 0. The van der Waals surface area contributed by atoms with Gasteiger partial charge in [0.25, 0.3) is 10.0 Å². The molecule has 0 atom stereocenters. The quantitative estimate of drug-likeness (QED) is 0.582. The fourth-order valence-corrected chi connectivity index (χ4v) is 6.36. The molecule has 1 fully saturated rings. The van der Waals surface area contributed by atoms with Crippen LogP contribution in [0.5, 0.6) is 0 Å². The first-order valence-corrected chi connectivity index (χ1v) is 12.0. The van der Waals surface area contributed by atoms with Crippen molar-refractivity contribution in [1.29, 1.82) is 0 Å². The standard InChI is InChI=1S/C20H22ClN3O3S2/c1-14-3-5-16(6-4-14)20-22-17(15(2)27-20)13-23-9-11-24(12-10-23)29(25,26)19-8-7-18(21)28-19/h3-8H,9-13H2,1-2H3. The van der Waals surface area contributed by atoms with E-state index >= 15 is 0 Å². The van der Waals surface area contributed by atoms with Gasteiger partial charge >= 0.3 is 0 Å². The monoisotopic (exact) mass is 451 g/mol. The molecule has 0 spiro atoms. The van der Waals surface area contributed by atoms with Gasteiger partial charge in [-0.25, -0.2) is 13.4 Å². The molecule has 6 nitrogen and oxygen atoms in total. The molecule has 2 aromatic heterocycles. The molecule has 0 aliphatic carbocycles. The van der Waals surface area contributed by atoms with Crippen LogP contribution in [0.15, 0.2) is 45.0 Å². The van der Waals surface area contributed by atoms with Crippen LogP contribution in [-0.2, 0) is 16.6 Å². The van der Waals surface area contributed by atoms with Crippen molar-refractivity contribution in [3.8, 4) is 11.5 Å². The highest BCUT2D eigenvalue weighted by molar-refractivity contribution is 7.91. The third-order valence-corrected chi connectivity index (χ3v) is 8.64. The van der Waals surface area contributed by atoms with Crippen molar-refractivity contribution in [2.75, 3.05) is 26.2 Å². The molecule has 3 heterocycles. The summed E-state index contributed by atoms with van der Waals surface area (Å²) in [7, 11) is -3.47. The largest absolute Gasteiger partial charge is 0.441 e. The van der Waals surface area contributed by atoms with Crippen molar-refractivity contribution >= 4 is 33.0 Å². The van der Waals surface area contributed by atoms with Crippen molar-refractivity contribution in [1.82, 2.24) is 14.2 Å². The van der Waals surface area contributed by atoms with Crippen LogP contribution in [0.1, 0.15) is 17.0 Å². The molecule has 0 N–H and O–H groups in total. The molecule has 0 bridgehead atoms. The van der Waals surface area contributed by atoms with E-state index in [2.05, 4.69) is 9.88 Å². The van der Waals surface area contributed by atoms with E-state index in [0.717, 1.165) is 28.4 Å². The van der Waals surface area contributed by atoms with E-state index in [1.807, 2.05) is 38.1 Å².